The minimum absolute atomic E-state index is 0.173. The van der Waals surface area contributed by atoms with Gasteiger partial charge in [0.25, 0.3) is 0 Å². The number of hydrogen-bond acceptors (Lipinski definition) is 5. The Kier molecular flexibility index (Phi) is 7.83. The first kappa shape index (κ1) is 23.2. The zero-order chi connectivity index (χ0) is 22.4. The topological polar surface area (TPSA) is 130 Å². The van der Waals surface area contributed by atoms with Crippen LogP contribution >= 0.6 is 0 Å². The van der Waals surface area contributed by atoms with Crippen molar-refractivity contribution < 1.29 is 19.8 Å². The molecule has 0 fully saturated rings. The third-order valence-electron chi connectivity index (χ3n) is 5.39. The fourth-order valence-corrected chi connectivity index (χ4v) is 3.58. The molecule has 0 spiro atoms. The summed E-state index contributed by atoms with van der Waals surface area (Å²) in [5.74, 6) is -0.549. The number of phenols is 2. The number of aromatic hydroxyl groups is 2. The van der Waals surface area contributed by atoms with Gasteiger partial charge in [-0.15, -0.1) is 0 Å². The zero-order valence-electron chi connectivity index (χ0n) is 17.8. The van der Waals surface area contributed by atoms with Crippen LogP contribution in [0.3, 0.4) is 0 Å². The van der Waals surface area contributed by atoms with Crippen LogP contribution in [-0.4, -0.2) is 45.6 Å². The summed E-state index contributed by atoms with van der Waals surface area (Å²) < 4.78 is 0. The molecule has 0 saturated carbocycles. The van der Waals surface area contributed by atoms with Crippen LogP contribution in [0.25, 0.3) is 0 Å². The average Bonchev–Trinajstić information content (AvgIpc) is 2.68. The van der Waals surface area contributed by atoms with E-state index < -0.39 is 18.0 Å². The van der Waals surface area contributed by atoms with E-state index in [4.69, 9.17) is 11.5 Å². The SMILES string of the molecule is Cc1cc(O)cc(C)c1C[C@@H](N)C(=O)N(CCCc1ccc(O)cc1)[C@H](C)C(N)=O. The van der Waals surface area contributed by atoms with Gasteiger partial charge >= 0.3 is 0 Å². The van der Waals surface area contributed by atoms with E-state index >= 15 is 0 Å². The first-order valence-electron chi connectivity index (χ1n) is 10.0. The fourth-order valence-electron chi connectivity index (χ4n) is 3.58. The highest BCUT2D eigenvalue weighted by molar-refractivity contribution is 5.89. The second-order valence-corrected chi connectivity index (χ2v) is 7.75. The van der Waals surface area contributed by atoms with E-state index in [1.165, 1.54) is 4.90 Å². The molecule has 0 heterocycles. The van der Waals surface area contributed by atoms with E-state index in [0.717, 1.165) is 22.3 Å². The molecule has 7 heteroatoms. The zero-order valence-corrected chi connectivity index (χ0v) is 17.8. The molecular weight excluding hydrogens is 382 g/mol. The van der Waals surface area contributed by atoms with Crippen LogP contribution in [0.2, 0.25) is 0 Å². The largest absolute Gasteiger partial charge is 0.508 e. The lowest BCUT2D eigenvalue weighted by molar-refractivity contribution is -0.139. The molecule has 0 bridgehead atoms. The normalized spacial score (nSPS) is 12.9. The van der Waals surface area contributed by atoms with Gasteiger partial charge in [0.15, 0.2) is 0 Å². The molecule has 0 aromatic heterocycles. The van der Waals surface area contributed by atoms with Crippen molar-refractivity contribution >= 4 is 11.8 Å². The molecule has 2 rings (SSSR count). The van der Waals surface area contributed by atoms with Gasteiger partial charge in [-0.2, -0.15) is 0 Å². The Morgan fingerprint density at radius 3 is 2.13 bits per heavy atom. The van der Waals surface area contributed by atoms with Crippen molar-refractivity contribution in [3.8, 4) is 11.5 Å². The van der Waals surface area contributed by atoms with E-state index in [1.54, 1.807) is 31.2 Å². The summed E-state index contributed by atoms with van der Waals surface area (Å²) in [6.07, 6.45) is 1.61. The van der Waals surface area contributed by atoms with Gasteiger partial charge in [-0.1, -0.05) is 12.1 Å². The van der Waals surface area contributed by atoms with E-state index in [2.05, 4.69) is 0 Å². The number of carbonyl (C=O) groups excluding carboxylic acids is 2. The molecule has 0 aliphatic carbocycles. The first-order valence-corrected chi connectivity index (χ1v) is 10.0. The second kappa shape index (κ2) is 10.1. The Bertz CT molecular complexity index is 873. The number of nitrogens with two attached hydrogens (primary N) is 2. The van der Waals surface area contributed by atoms with Gasteiger partial charge in [-0.05, 0) is 86.6 Å². The molecule has 2 aromatic carbocycles. The Morgan fingerprint density at radius 2 is 1.60 bits per heavy atom. The van der Waals surface area contributed by atoms with Crippen LogP contribution in [0.5, 0.6) is 11.5 Å². The minimum Gasteiger partial charge on any atom is -0.508 e. The van der Waals surface area contributed by atoms with E-state index in [-0.39, 0.29) is 17.4 Å². The van der Waals surface area contributed by atoms with Crippen molar-refractivity contribution in [1.82, 2.24) is 4.90 Å². The molecule has 0 saturated heterocycles. The number of aryl methyl sites for hydroxylation is 3. The van der Waals surface area contributed by atoms with Crippen LogP contribution in [-0.2, 0) is 22.4 Å². The predicted octanol–water partition coefficient (Wildman–Crippen LogP) is 1.92. The molecular formula is C23H31N3O4. The van der Waals surface area contributed by atoms with Gasteiger partial charge in [-0.25, -0.2) is 0 Å². The van der Waals surface area contributed by atoms with Gasteiger partial charge in [0.05, 0.1) is 6.04 Å². The molecule has 162 valence electrons. The first-order chi connectivity index (χ1) is 14.1. The number of phenolic OH excluding ortho intramolecular Hbond substituents is 2. The molecule has 2 aromatic rings. The summed E-state index contributed by atoms with van der Waals surface area (Å²) in [6.45, 7) is 5.66. The second-order valence-electron chi connectivity index (χ2n) is 7.75. The van der Waals surface area contributed by atoms with Crippen molar-refractivity contribution in [1.29, 1.82) is 0 Å². The highest BCUT2D eigenvalue weighted by Gasteiger charge is 2.28. The van der Waals surface area contributed by atoms with Crippen LogP contribution in [0, 0.1) is 13.8 Å². The lowest BCUT2D eigenvalue weighted by Crippen LogP contribution is -2.53. The van der Waals surface area contributed by atoms with E-state index in [0.29, 0.717) is 25.8 Å². The molecule has 0 radical (unpaired) electrons. The summed E-state index contributed by atoms with van der Waals surface area (Å²) >= 11 is 0. The molecule has 6 N–H and O–H groups in total. The Labute approximate surface area is 177 Å². The van der Waals surface area contributed by atoms with Gasteiger partial charge in [0.2, 0.25) is 11.8 Å². The number of amides is 2. The Morgan fingerprint density at radius 1 is 1.03 bits per heavy atom. The molecule has 0 unspecified atom stereocenters. The number of rotatable bonds is 9. The van der Waals surface area contributed by atoms with Gasteiger partial charge in [-0.3, -0.25) is 9.59 Å². The Hall–Kier alpha value is -3.06. The summed E-state index contributed by atoms with van der Waals surface area (Å²) in [4.78, 5) is 26.3. The summed E-state index contributed by atoms with van der Waals surface area (Å²) in [6, 6.07) is 8.54. The number of carbonyl (C=O) groups is 2. The molecule has 7 nitrogen and oxygen atoms in total. The van der Waals surface area contributed by atoms with E-state index in [9.17, 15) is 19.8 Å². The predicted molar refractivity (Wildman–Crippen MR) is 116 cm³/mol. The summed E-state index contributed by atoms with van der Waals surface area (Å²) in [5, 5.41) is 19.1. The monoisotopic (exact) mass is 413 g/mol. The molecule has 30 heavy (non-hydrogen) atoms. The number of primary amides is 1. The molecule has 2 atom stereocenters. The van der Waals surface area contributed by atoms with Gasteiger partial charge in [0.1, 0.15) is 17.5 Å². The molecule has 0 aliphatic heterocycles. The average molecular weight is 414 g/mol. The number of nitrogens with zero attached hydrogens (tertiary/aromatic N) is 1. The summed E-state index contributed by atoms with van der Waals surface area (Å²) in [7, 11) is 0. The maximum absolute atomic E-state index is 13.1. The highest BCUT2D eigenvalue weighted by atomic mass is 16.3. The quantitative estimate of drug-likeness (QED) is 0.499. The van der Waals surface area contributed by atoms with Crippen LogP contribution in [0.15, 0.2) is 36.4 Å². The van der Waals surface area contributed by atoms with Crippen molar-refractivity contribution in [3.63, 3.8) is 0 Å². The third kappa shape index (κ3) is 5.97. The molecule has 0 aliphatic rings. The third-order valence-corrected chi connectivity index (χ3v) is 5.39. The van der Waals surface area contributed by atoms with Gasteiger partial charge in [0, 0.05) is 6.54 Å². The highest BCUT2D eigenvalue weighted by Crippen LogP contribution is 2.22. The molecule has 2 amide bonds. The summed E-state index contributed by atoms with van der Waals surface area (Å²) in [5.41, 5.74) is 15.3. The number of hydrogen-bond donors (Lipinski definition) is 4. The van der Waals surface area contributed by atoms with Gasteiger partial charge < -0.3 is 26.6 Å². The Balaban J connectivity index is 2.10. The standard InChI is InChI=1S/C23H31N3O4/c1-14-11-19(28)12-15(2)20(14)13-21(24)23(30)26(16(3)22(25)29)10-4-5-17-6-8-18(27)9-7-17/h6-9,11-12,16,21,27-28H,4-5,10,13,24H2,1-3H3,(H2,25,29)/t16-,21-/m1/s1. The smallest absolute Gasteiger partial charge is 0.240 e. The minimum atomic E-state index is -0.831. The van der Waals surface area contributed by atoms with Crippen molar-refractivity contribution in [2.24, 2.45) is 11.5 Å². The lowest BCUT2D eigenvalue weighted by atomic mass is 9.95. The van der Waals surface area contributed by atoms with Crippen molar-refractivity contribution in [2.75, 3.05) is 6.54 Å². The van der Waals surface area contributed by atoms with E-state index in [1.807, 2.05) is 26.0 Å². The van der Waals surface area contributed by atoms with Crippen molar-refractivity contribution in [2.45, 2.75) is 52.1 Å². The maximum Gasteiger partial charge on any atom is 0.240 e. The number of benzene rings is 2. The lowest BCUT2D eigenvalue weighted by Gasteiger charge is -2.30. The van der Waals surface area contributed by atoms with Crippen molar-refractivity contribution in [3.05, 3.63) is 58.7 Å². The fraction of sp³-hybridized carbons (Fsp3) is 0.391. The van der Waals surface area contributed by atoms with Crippen LogP contribution < -0.4 is 11.5 Å². The maximum atomic E-state index is 13.1. The van der Waals surface area contributed by atoms with Crippen LogP contribution in [0.4, 0.5) is 0 Å². The van der Waals surface area contributed by atoms with Crippen LogP contribution in [0.1, 0.15) is 35.6 Å².